The Morgan fingerprint density at radius 2 is 1.83 bits per heavy atom. The van der Waals surface area contributed by atoms with Crippen LogP contribution in [0.3, 0.4) is 0 Å². The zero-order chi connectivity index (χ0) is 17.3. The number of ether oxygens (including phenoxy) is 1. The first-order valence-electron chi connectivity index (χ1n) is 7.49. The second kappa shape index (κ2) is 6.20. The van der Waals surface area contributed by atoms with Crippen LogP contribution >= 0.6 is 0 Å². The molecule has 0 spiro atoms. The summed E-state index contributed by atoms with van der Waals surface area (Å²) in [7, 11) is 5.39. The quantitative estimate of drug-likeness (QED) is 0.794. The van der Waals surface area contributed by atoms with Gasteiger partial charge in [0.1, 0.15) is 11.6 Å². The molecule has 0 radical (unpaired) electrons. The van der Waals surface area contributed by atoms with E-state index in [2.05, 4.69) is 4.98 Å². The molecule has 0 aliphatic rings. The van der Waals surface area contributed by atoms with Crippen molar-refractivity contribution in [2.75, 3.05) is 26.1 Å². The number of aromatic carboxylic acids is 1. The third kappa shape index (κ3) is 2.65. The minimum atomic E-state index is -0.953. The summed E-state index contributed by atoms with van der Waals surface area (Å²) in [5.41, 5.74) is 1.95. The molecule has 1 aromatic heterocycles. The number of carbonyl (C=O) groups is 1. The van der Waals surface area contributed by atoms with E-state index in [1.165, 1.54) is 0 Å². The Bertz CT molecular complexity index is 902. The van der Waals surface area contributed by atoms with Crippen molar-refractivity contribution < 1.29 is 14.6 Å². The van der Waals surface area contributed by atoms with Crippen LogP contribution in [0.25, 0.3) is 21.9 Å². The fourth-order valence-electron chi connectivity index (χ4n) is 2.81. The summed E-state index contributed by atoms with van der Waals surface area (Å²) < 4.78 is 5.19. The summed E-state index contributed by atoms with van der Waals surface area (Å²) in [4.78, 5) is 18.1. The average Bonchev–Trinajstić information content (AvgIpc) is 2.60. The summed E-state index contributed by atoms with van der Waals surface area (Å²) in [6, 6.07) is 12.8. The Morgan fingerprint density at radius 3 is 2.42 bits per heavy atom. The monoisotopic (exact) mass is 322 g/mol. The Morgan fingerprint density at radius 1 is 1.12 bits per heavy atom. The predicted molar refractivity (Wildman–Crippen MR) is 95.0 cm³/mol. The Balaban J connectivity index is 2.35. The number of carboxylic acid groups (broad SMARTS) is 1. The molecule has 0 amide bonds. The van der Waals surface area contributed by atoms with E-state index in [1.54, 1.807) is 25.4 Å². The third-order valence-electron chi connectivity index (χ3n) is 3.95. The normalized spacial score (nSPS) is 10.6. The van der Waals surface area contributed by atoms with Gasteiger partial charge in [-0.1, -0.05) is 24.3 Å². The van der Waals surface area contributed by atoms with Crippen molar-refractivity contribution >= 4 is 22.6 Å². The molecule has 0 unspecified atom stereocenters. The maximum absolute atomic E-state index is 11.7. The van der Waals surface area contributed by atoms with E-state index in [1.807, 2.05) is 49.3 Å². The van der Waals surface area contributed by atoms with Crippen molar-refractivity contribution in [3.63, 3.8) is 0 Å². The molecule has 0 aliphatic carbocycles. The largest absolute Gasteiger partial charge is 0.497 e. The van der Waals surface area contributed by atoms with Gasteiger partial charge in [0, 0.05) is 36.6 Å². The van der Waals surface area contributed by atoms with Gasteiger partial charge in [-0.3, -0.25) is 0 Å². The maximum atomic E-state index is 11.7. The Kier molecular flexibility index (Phi) is 4.08. The van der Waals surface area contributed by atoms with Crippen LogP contribution in [0.1, 0.15) is 10.4 Å². The highest BCUT2D eigenvalue weighted by Crippen LogP contribution is 2.35. The van der Waals surface area contributed by atoms with Gasteiger partial charge in [-0.15, -0.1) is 0 Å². The number of nitrogens with zero attached hydrogens (tertiary/aromatic N) is 2. The third-order valence-corrected chi connectivity index (χ3v) is 3.95. The fourth-order valence-corrected chi connectivity index (χ4v) is 2.81. The van der Waals surface area contributed by atoms with Gasteiger partial charge in [-0.2, -0.15) is 0 Å². The first-order valence-corrected chi connectivity index (χ1v) is 7.49. The van der Waals surface area contributed by atoms with Crippen LogP contribution in [-0.2, 0) is 0 Å². The number of methoxy groups -OCH3 is 1. The lowest BCUT2D eigenvalue weighted by Gasteiger charge is -2.17. The number of rotatable bonds is 4. The predicted octanol–water partition coefficient (Wildman–Crippen LogP) is 3.67. The van der Waals surface area contributed by atoms with E-state index >= 15 is 0 Å². The zero-order valence-electron chi connectivity index (χ0n) is 13.8. The second-order valence-corrected chi connectivity index (χ2v) is 5.65. The molecule has 3 rings (SSSR count). The van der Waals surface area contributed by atoms with Crippen LogP contribution < -0.4 is 9.64 Å². The first kappa shape index (κ1) is 15.8. The van der Waals surface area contributed by atoms with E-state index in [0.29, 0.717) is 5.39 Å². The molecule has 0 saturated carbocycles. The lowest BCUT2D eigenvalue weighted by Crippen LogP contribution is -2.12. The van der Waals surface area contributed by atoms with Crippen molar-refractivity contribution in [3.8, 4) is 16.9 Å². The van der Waals surface area contributed by atoms with Crippen molar-refractivity contribution in [1.29, 1.82) is 0 Å². The van der Waals surface area contributed by atoms with E-state index in [9.17, 15) is 9.90 Å². The average molecular weight is 322 g/mol. The summed E-state index contributed by atoms with van der Waals surface area (Å²) in [5.74, 6) is 0.538. The number of anilines is 1. The standard InChI is InChI=1S/C19H18N2O3/c1-21(2)18-14-5-4-6-15(19(22)23)17(14)16(11-20-18)12-7-9-13(24-3)10-8-12/h4-11H,1-3H3,(H,22,23). The minimum absolute atomic E-state index is 0.267. The SMILES string of the molecule is COc1ccc(-c2cnc(N(C)C)c3cccc(C(=O)O)c23)cc1. The van der Waals surface area contributed by atoms with Gasteiger partial charge in [0.2, 0.25) is 0 Å². The van der Waals surface area contributed by atoms with E-state index in [-0.39, 0.29) is 5.56 Å². The molecule has 24 heavy (non-hydrogen) atoms. The second-order valence-electron chi connectivity index (χ2n) is 5.65. The number of hydrogen-bond donors (Lipinski definition) is 1. The first-order chi connectivity index (χ1) is 11.5. The number of carboxylic acids is 1. The molecular formula is C19H18N2O3. The van der Waals surface area contributed by atoms with Crippen LogP contribution in [0.15, 0.2) is 48.7 Å². The van der Waals surface area contributed by atoms with Crippen LogP contribution in [-0.4, -0.2) is 37.3 Å². The molecular weight excluding hydrogens is 304 g/mol. The summed E-state index contributed by atoms with van der Waals surface area (Å²) >= 11 is 0. The molecule has 0 bridgehead atoms. The summed E-state index contributed by atoms with van der Waals surface area (Å²) in [6.07, 6.45) is 1.73. The summed E-state index contributed by atoms with van der Waals surface area (Å²) in [6.45, 7) is 0. The van der Waals surface area contributed by atoms with Crippen molar-refractivity contribution in [3.05, 3.63) is 54.2 Å². The molecule has 122 valence electrons. The highest BCUT2D eigenvalue weighted by molar-refractivity contribution is 6.12. The molecule has 5 heteroatoms. The molecule has 3 aromatic rings. The van der Waals surface area contributed by atoms with E-state index in [4.69, 9.17) is 4.74 Å². The van der Waals surface area contributed by atoms with Gasteiger partial charge < -0.3 is 14.7 Å². The molecule has 1 heterocycles. The van der Waals surface area contributed by atoms with Gasteiger partial charge in [-0.05, 0) is 23.8 Å². The molecule has 0 fully saturated rings. The molecule has 1 N–H and O–H groups in total. The van der Waals surface area contributed by atoms with Gasteiger partial charge in [0.15, 0.2) is 0 Å². The van der Waals surface area contributed by atoms with Gasteiger partial charge in [0.05, 0.1) is 12.7 Å². The van der Waals surface area contributed by atoms with Gasteiger partial charge >= 0.3 is 5.97 Å². The molecule has 0 aliphatic heterocycles. The van der Waals surface area contributed by atoms with Crippen molar-refractivity contribution in [2.24, 2.45) is 0 Å². The van der Waals surface area contributed by atoms with Gasteiger partial charge in [-0.25, -0.2) is 9.78 Å². The van der Waals surface area contributed by atoms with E-state index < -0.39 is 5.97 Å². The van der Waals surface area contributed by atoms with E-state index in [0.717, 1.165) is 28.1 Å². The van der Waals surface area contributed by atoms with Crippen LogP contribution in [0, 0.1) is 0 Å². The molecule has 0 saturated heterocycles. The lowest BCUT2D eigenvalue weighted by molar-refractivity contribution is 0.0699. The number of benzene rings is 2. The van der Waals surface area contributed by atoms with Crippen molar-refractivity contribution in [1.82, 2.24) is 4.98 Å². The number of fused-ring (bicyclic) bond motifs is 1. The number of pyridine rings is 1. The summed E-state index contributed by atoms with van der Waals surface area (Å²) in [5, 5.41) is 11.1. The molecule has 2 aromatic carbocycles. The molecule has 5 nitrogen and oxygen atoms in total. The Hall–Kier alpha value is -3.08. The highest BCUT2D eigenvalue weighted by atomic mass is 16.5. The smallest absolute Gasteiger partial charge is 0.336 e. The number of aromatic nitrogens is 1. The fraction of sp³-hybridized carbons (Fsp3) is 0.158. The van der Waals surface area contributed by atoms with Crippen LogP contribution in [0.4, 0.5) is 5.82 Å². The zero-order valence-corrected chi connectivity index (χ0v) is 13.8. The molecule has 0 atom stereocenters. The van der Waals surface area contributed by atoms with Crippen LogP contribution in [0.2, 0.25) is 0 Å². The minimum Gasteiger partial charge on any atom is -0.497 e. The lowest BCUT2D eigenvalue weighted by atomic mass is 9.96. The number of hydrogen-bond acceptors (Lipinski definition) is 4. The van der Waals surface area contributed by atoms with Crippen molar-refractivity contribution in [2.45, 2.75) is 0 Å². The highest BCUT2D eigenvalue weighted by Gasteiger charge is 2.17. The van der Waals surface area contributed by atoms with Gasteiger partial charge in [0.25, 0.3) is 0 Å². The van der Waals surface area contributed by atoms with Crippen LogP contribution in [0.5, 0.6) is 5.75 Å². The maximum Gasteiger partial charge on any atom is 0.336 e. The Labute approximate surface area is 140 Å². The topological polar surface area (TPSA) is 62.7 Å².